The number of nitrogens with one attached hydrogen (secondary N) is 1. The van der Waals surface area contributed by atoms with Gasteiger partial charge in [0.2, 0.25) is 0 Å². The van der Waals surface area contributed by atoms with Crippen molar-refractivity contribution >= 4 is 5.71 Å². The molecular weight excluding hydrogens is 268 g/mol. The minimum atomic E-state index is 0.368. The molecule has 0 radical (unpaired) electrons. The Hall–Kier alpha value is -2.09. The molecule has 1 heterocycles. The van der Waals surface area contributed by atoms with E-state index in [9.17, 15) is 0 Å². The summed E-state index contributed by atoms with van der Waals surface area (Å²) in [5.74, 6) is 0.368. The van der Waals surface area contributed by atoms with Gasteiger partial charge >= 0.3 is 0 Å². The fraction of sp³-hybridized carbons (Fsp3) is 0.350. The third-order valence-electron chi connectivity index (χ3n) is 3.83. The quantitative estimate of drug-likeness (QED) is 0.802. The Morgan fingerprint density at radius 2 is 1.95 bits per heavy atom. The Bertz CT molecular complexity index is 591. The van der Waals surface area contributed by atoms with E-state index >= 15 is 0 Å². The number of hydrogen-bond donors (Lipinski definition) is 1. The van der Waals surface area contributed by atoms with Crippen molar-refractivity contribution in [3.05, 3.63) is 71.6 Å². The molecule has 2 aliphatic rings. The van der Waals surface area contributed by atoms with Crippen molar-refractivity contribution in [3.63, 3.8) is 0 Å². The molecule has 1 unspecified atom stereocenters. The van der Waals surface area contributed by atoms with Crippen molar-refractivity contribution in [2.45, 2.75) is 33.6 Å². The summed E-state index contributed by atoms with van der Waals surface area (Å²) in [7, 11) is 0. The Morgan fingerprint density at radius 3 is 2.73 bits per heavy atom. The van der Waals surface area contributed by atoms with Crippen molar-refractivity contribution in [1.82, 2.24) is 5.32 Å². The lowest BCUT2D eigenvalue weighted by Crippen LogP contribution is -2.25. The summed E-state index contributed by atoms with van der Waals surface area (Å²) in [4.78, 5) is 4.58. The molecule has 1 aromatic rings. The van der Waals surface area contributed by atoms with Gasteiger partial charge < -0.3 is 5.32 Å². The van der Waals surface area contributed by atoms with Gasteiger partial charge in [0.25, 0.3) is 0 Å². The summed E-state index contributed by atoms with van der Waals surface area (Å²) in [5.41, 5.74) is 5.06. The topological polar surface area (TPSA) is 24.4 Å². The molecule has 0 fully saturated rings. The molecule has 2 heteroatoms. The first-order valence-corrected chi connectivity index (χ1v) is 8.24. The van der Waals surface area contributed by atoms with Crippen molar-refractivity contribution in [2.75, 3.05) is 6.54 Å². The Labute approximate surface area is 134 Å². The van der Waals surface area contributed by atoms with Crippen LogP contribution in [0.3, 0.4) is 0 Å². The molecular formula is C20H26N2. The van der Waals surface area contributed by atoms with Crippen LogP contribution in [-0.2, 0) is 6.42 Å². The van der Waals surface area contributed by atoms with Gasteiger partial charge in [-0.3, -0.25) is 4.99 Å². The molecule has 0 saturated carbocycles. The molecule has 22 heavy (non-hydrogen) atoms. The van der Waals surface area contributed by atoms with Crippen LogP contribution in [-0.4, -0.2) is 12.3 Å². The standard InChI is InChI=1S/C18H20N2.C2H6/c1-14-13-20-18-16(14)9-5-6-10-17(18)19-12-11-15-7-3-2-4-8-15;1-2/h2-5,7-10,13,16,19H,6,11-12H2,1H3;1-2H3. The van der Waals surface area contributed by atoms with E-state index in [1.807, 2.05) is 20.0 Å². The fourth-order valence-electron chi connectivity index (χ4n) is 2.68. The first-order valence-electron chi connectivity index (χ1n) is 8.24. The van der Waals surface area contributed by atoms with E-state index in [1.54, 1.807) is 0 Å². The summed E-state index contributed by atoms with van der Waals surface area (Å²) in [6, 6.07) is 10.6. The van der Waals surface area contributed by atoms with Crippen LogP contribution in [0.5, 0.6) is 0 Å². The van der Waals surface area contributed by atoms with Crippen LogP contribution in [0.15, 0.2) is 71.0 Å². The minimum Gasteiger partial charge on any atom is -0.383 e. The highest BCUT2D eigenvalue weighted by Gasteiger charge is 2.23. The van der Waals surface area contributed by atoms with Crippen molar-refractivity contribution < 1.29 is 0 Å². The van der Waals surface area contributed by atoms with Crippen LogP contribution in [0.1, 0.15) is 32.8 Å². The van der Waals surface area contributed by atoms with Crippen LogP contribution < -0.4 is 5.32 Å². The predicted molar refractivity (Wildman–Crippen MR) is 96.0 cm³/mol. The van der Waals surface area contributed by atoms with Crippen molar-refractivity contribution in [2.24, 2.45) is 10.9 Å². The lowest BCUT2D eigenvalue weighted by Gasteiger charge is -2.15. The molecule has 1 aliphatic carbocycles. The molecule has 1 aliphatic heterocycles. The molecule has 1 aromatic carbocycles. The lowest BCUT2D eigenvalue weighted by atomic mass is 9.96. The van der Waals surface area contributed by atoms with E-state index in [4.69, 9.17) is 0 Å². The molecule has 0 spiro atoms. The molecule has 0 aromatic heterocycles. The number of fused-ring (bicyclic) bond motifs is 1. The Morgan fingerprint density at radius 1 is 1.18 bits per heavy atom. The summed E-state index contributed by atoms with van der Waals surface area (Å²) in [6.45, 7) is 7.10. The van der Waals surface area contributed by atoms with Crippen LogP contribution in [0.25, 0.3) is 0 Å². The zero-order valence-electron chi connectivity index (χ0n) is 13.8. The predicted octanol–water partition coefficient (Wildman–Crippen LogP) is 4.66. The highest BCUT2D eigenvalue weighted by atomic mass is 14.9. The second-order valence-electron chi connectivity index (χ2n) is 5.31. The van der Waals surface area contributed by atoms with E-state index in [-0.39, 0.29) is 0 Å². The van der Waals surface area contributed by atoms with Gasteiger partial charge in [0.15, 0.2) is 0 Å². The number of allylic oxidation sites excluding steroid dienone is 5. The molecule has 0 saturated heterocycles. The fourth-order valence-corrected chi connectivity index (χ4v) is 2.68. The summed E-state index contributed by atoms with van der Waals surface area (Å²) in [6.07, 6.45) is 10.7. The average molecular weight is 294 g/mol. The summed E-state index contributed by atoms with van der Waals surface area (Å²) < 4.78 is 0. The van der Waals surface area contributed by atoms with E-state index in [2.05, 4.69) is 65.8 Å². The van der Waals surface area contributed by atoms with Crippen LogP contribution >= 0.6 is 0 Å². The normalized spacial score (nSPS) is 19.0. The maximum atomic E-state index is 4.58. The zero-order valence-corrected chi connectivity index (χ0v) is 13.8. The van der Waals surface area contributed by atoms with E-state index < -0.39 is 0 Å². The van der Waals surface area contributed by atoms with E-state index in [1.165, 1.54) is 22.5 Å². The maximum absolute atomic E-state index is 4.58. The summed E-state index contributed by atoms with van der Waals surface area (Å²) >= 11 is 0. The highest BCUT2D eigenvalue weighted by molar-refractivity contribution is 6.06. The van der Waals surface area contributed by atoms with Gasteiger partial charge in [0.1, 0.15) is 0 Å². The lowest BCUT2D eigenvalue weighted by molar-refractivity contribution is 0.804. The van der Waals surface area contributed by atoms with Gasteiger partial charge in [-0.15, -0.1) is 0 Å². The second kappa shape index (κ2) is 8.38. The van der Waals surface area contributed by atoms with Gasteiger partial charge in [-0.25, -0.2) is 0 Å². The maximum Gasteiger partial charge on any atom is 0.0741 e. The molecule has 116 valence electrons. The molecule has 1 N–H and O–H groups in total. The van der Waals surface area contributed by atoms with E-state index in [0.29, 0.717) is 5.92 Å². The minimum absolute atomic E-state index is 0.368. The third kappa shape index (κ3) is 3.97. The molecule has 2 nitrogen and oxygen atoms in total. The van der Waals surface area contributed by atoms with E-state index in [0.717, 1.165) is 19.4 Å². The Balaban J connectivity index is 0.000000847. The number of hydrogen-bond acceptors (Lipinski definition) is 2. The largest absolute Gasteiger partial charge is 0.383 e. The monoisotopic (exact) mass is 294 g/mol. The van der Waals surface area contributed by atoms with Gasteiger partial charge in [0, 0.05) is 18.7 Å². The Kier molecular flexibility index (Phi) is 6.20. The van der Waals surface area contributed by atoms with Crippen LogP contribution in [0.2, 0.25) is 0 Å². The van der Waals surface area contributed by atoms with Crippen molar-refractivity contribution in [3.8, 4) is 0 Å². The number of benzene rings is 1. The smallest absolute Gasteiger partial charge is 0.0741 e. The van der Waals surface area contributed by atoms with Gasteiger partial charge in [0.05, 0.1) is 11.4 Å². The molecule has 0 bridgehead atoms. The van der Waals surface area contributed by atoms with Gasteiger partial charge in [-0.05, 0) is 30.9 Å². The molecule has 3 rings (SSSR count). The average Bonchev–Trinajstić information content (AvgIpc) is 2.81. The molecule has 0 amide bonds. The number of aliphatic imine (C=N–C) groups is 1. The van der Waals surface area contributed by atoms with Gasteiger partial charge in [-0.2, -0.15) is 0 Å². The first kappa shape index (κ1) is 16.3. The number of nitrogens with zero attached hydrogens (tertiary/aromatic N) is 1. The highest BCUT2D eigenvalue weighted by Crippen LogP contribution is 2.26. The second-order valence-corrected chi connectivity index (χ2v) is 5.31. The van der Waals surface area contributed by atoms with Gasteiger partial charge in [-0.1, -0.05) is 62.4 Å². The number of rotatable bonds is 4. The van der Waals surface area contributed by atoms with Crippen LogP contribution in [0.4, 0.5) is 0 Å². The zero-order chi connectivity index (χ0) is 15.8. The van der Waals surface area contributed by atoms with Crippen molar-refractivity contribution in [1.29, 1.82) is 0 Å². The SMILES string of the molecule is CC.CC1=CN=C2C(NCCc3ccccc3)=CCC=CC12. The van der Waals surface area contributed by atoms with Crippen LogP contribution in [0, 0.1) is 5.92 Å². The third-order valence-corrected chi connectivity index (χ3v) is 3.83. The molecule has 1 atom stereocenters. The first-order chi connectivity index (χ1) is 10.8. The summed E-state index contributed by atoms with van der Waals surface area (Å²) in [5, 5.41) is 3.56.